The number of amides is 1. The first-order chi connectivity index (χ1) is 17.9. The molecule has 0 unspecified atom stereocenters. The van der Waals surface area contributed by atoms with E-state index in [2.05, 4.69) is 0 Å². The number of nitrogens with zero attached hydrogens (tertiary/aromatic N) is 3. The van der Waals surface area contributed by atoms with Crippen LogP contribution >= 0.6 is 24.0 Å². The van der Waals surface area contributed by atoms with Gasteiger partial charge in [-0.2, -0.15) is 5.10 Å². The summed E-state index contributed by atoms with van der Waals surface area (Å²) in [4.78, 5) is 15.2. The average molecular weight is 530 g/mol. The number of aromatic nitrogens is 2. The number of halogens is 1. The van der Waals surface area contributed by atoms with Crippen LogP contribution in [0.4, 0.5) is 4.39 Å². The SMILES string of the molecule is CC(C)N1C(=O)/C(=C\c2cn(-c3ccccc3)nc2-c2cccc(OCc3ccccc3F)c2)SC1=S. The second-order valence-corrected chi connectivity index (χ2v) is 10.4. The van der Waals surface area contributed by atoms with Gasteiger partial charge in [0.25, 0.3) is 5.91 Å². The van der Waals surface area contributed by atoms with Crippen molar-refractivity contribution in [3.8, 4) is 22.7 Å². The highest BCUT2D eigenvalue weighted by atomic mass is 32.2. The molecule has 5 rings (SSSR count). The first-order valence-electron chi connectivity index (χ1n) is 11.8. The van der Waals surface area contributed by atoms with Gasteiger partial charge in [-0.05, 0) is 50.3 Å². The summed E-state index contributed by atoms with van der Waals surface area (Å²) >= 11 is 6.75. The second-order valence-electron chi connectivity index (χ2n) is 8.77. The monoisotopic (exact) mass is 529 g/mol. The summed E-state index contributed by atoms with van der Waals surface area (Å²) in [6, 6.07) is 23.8. The molecular weight excluding hydrogens is 505 g/mol. The lowest BCUT2D eigenvalue weighted by Gasteiger charge is -2.18. The van der Waals surface area contributed by atoms with Crippen molar-refractivity contribution in [1.82, 2.24) is 14.7 Å². The normalized spacial score (nSPS) is 14.7. The number of rotatable bonds is 7. The fraction of sp³-hybridized carbons (Fsp3) is 0.138. The lowest BCUT2D eigenvalue weighted by molar-refractivity contribution is -0.123. The van der Waals surface area contributed by atoms with Crippen molar-refractivity contribution in [3.05, 3.63) is 107 Å². The minimum Gasteiger partial charge on any atom is -0.489 e. The van der Waals surface area contributed by atoms with Gasteiger partial charge in [-0.15, -0.1) is 0 Å². The fourth-order valence-electron chi connectivity index (χ4n) is 4.01. The number of benzene rings is 3. The van der Waals surface area contributed by atoms with Crippen LogP contribution < -0.4 is 4.74 Å². The summed E-state index contributed by atoms with van der Waals surface area (Å²) in [5.41, 5.74) is 3.65. The van der Waals surface area contributed by atoms with E-state index >= 15 is 0 Å². The molecule has 1 aliphatic rings. The number of carbonyl (C=O) groups excluding carboxylic acids is 1. The van der Waals surface area contributed by atoms with Crippen molar-refractivity contribution in [3.63, 3.8) is 0 Å². The molecule has 4 aromatic rings. The number of hydrogen-bond donors (Lipinski definition) is 0. The van der Waals surface area contributed by atoms with Gasteiger partial charge in [-0.3, -0.25) is 9.69 Å². The van der Waals surface area contributed by atoms with Crippen molar-refractivity contribution in [2.24, 2.45) is 0 Å². The molecule has 8 heteroatoms. The molecule has 0 N–H and O–H groups in total. The molecule has 0 spiro atoms. The van der Waals surface area contributed by atoms with Gasteiger partial charge in [0.05, 0.1) is 10.6 Å². The zero-order valence-corrected chi connectivity index (χ0v) is 21.9. The third-order valence-corrected chi connectivity index (χ3v) is 7.18. The summed E-state index contributed by atoms with van der Waals surface area (Å²) in [6.45, 7) is 4.00. The Hall–Kier alpha value is -3.75. The molecule has 37 heavy (non-hydrogen) atoms. The van der Waals surface area contributed by atoms with Crippen molar-refractivity contribution in [1.29, 1.82) is 0 Å². The van der Waals surface area contributed by atoms with Gasteiger partial charge >= 0.3 is 0 Å². The van der Waals surface area contributed by atoms with Gasteiger partial charge in [0, 0.05) is 28.9 Å². The first kappa shape index (κ1) is 24.9. The van der Waals surface area contributed by atoms with Crippen LogP contribution in [0.5, 0.6) is 5.75 Å². The predicted molar refractivity (Wildman–Crippen MR) is 150 cm³/mol. The number of ether oxygens (including phenoxy) is 1. The molecule has 1 saturated heterocycles. The van der Waals surface area contributed by atoms with Gasteiger partial charge in [-0.1, -0.05) is 72.5 Å². The maximum Gasteiger partial charge on any atom is 0.266 e. The van der Waals surface area contributed by atoms with Crippen LogP contribution in [0.3, 0.4) is 0 Å². The van der Waals surface area contributed by atoms with E-state index in [1.54, 1.807) is 27.8 Å². The molecule has 1 aromatic heterocycles. The van der Waals surface area contributed by atoms with E-state index in [-0.39, 0.29) is 24.4 Å². The van der Waals surface area contributed by atoms with Crippen molar-refractivity contribution in [2.45, 2.75) is 26.5 Å². The minimum atomic E-state index is -0.304. The Balaban J connectivity index is 1.52. The molecule has 1 fully saturated rings. The smallest absolute Gasteiger partial charge is 0.266 e. The van der Waals surface area contributed by atoms with Crippen LogP contribution in [-0.4, -0.2) is 30.9 Å². The number of thioether (sulfide) groups is 1. The molecular formula is C29H24FN3O2S2. The van der Waals surface area contributed by atoms with E-state index in [1.807, 2.05) is 80.7 Å². The van der Waals surface area contributed by atoms with Crippen LogP contribution in [0.1, 0.15) is 25.0 Å². The minimum absolute atomic E-state index is 0.0202. The summed E-state index contributed by atoms with van der Waals surface area (Å²) in [5, 5.41) is 4.85. The molecule has 0 saturated carbocycles. The molecule has 2 heterocycles. The zero-order valence-electron chi connectivity index (χ0n) is 20.3. The van der Waals surface area contributed by atoms with E-state index in [0.717, 1.165) is 16.8 Å². The number of para-hydroxylation sites is 1. The zero-order chi connectivity index (χ0) is 25.9. The first-order valence-corrected chi connectivity index (χ1v) is 13.0. The van der Waals surface area contributed by atoms with E-state index in [0.29, 0.717) is 26.2 Å². The fourth-order valence-corrected chi connectivity index (χ4v) is 5.52. The lowest BCUT2D eigenvalue weighted by atomic mass is 10.1. The third kappa shape index (κ3) is 5.35. The van der Waals surface area contributed by atoms with Crippen molar-refractivity contribution >= 4 is 40.3 Å². The van der Waals surface area contributed by atoms with Crippen LogP contribution in [0.15, 0.2) is 90.0 Å². The highest BCUT2D eigenvalue weighted by molar-refractivity contribution is 8.26. The van der Waals surface area contributed by atoms with E-state index in [4.69, 9.17) is 22.1 Å². The Labute approximate surface area is 224 Å². The molecule has 1 aliphatic heterocycles. The van der Waals surface area contributed by atoms with Crippen LogP contribution in [0, 0.1) is 5.82 Å². The van der Waals surface area contributed by atoms with Crippen LogP contribution in [0.2, 0.25) is 0 Å². The Kier molecular flexibility index (Phi) is 7.21. The molecule has 5 nitrogen and oxygen atoms in total. The van der Waals surface area contributed by atoms with Gasteiger partial charge in [0.15, 0.2) is 0 Å². The Morgan fingerprint density at radius 1 is 1.05 bits per heavy atom. The molecule has 3 aromatic carbocycles. The van der Waals surface area contributed by atoms with Crippen molar-refractivity contribution < 1.29 is 13.9 Å². The third-order valence-electron chi connectivity index (χ3n) is 5.85. The summed E-state index contributed by atoms with van der Waals surface area (Å²) in [7, 11) is 0. The van der Waals surface area contributed by atoms with Crippen LogP contribution in [0.25, 0.3) is 23.0 Å². The lowest BCUT2D eigenvalue weighted by Crippen LogP contribution is -2.34. The Bertz CT molecular complexity index is 1500. The topological polar surface area (TPSA) is 47.4 Å². The average Bonchev–Trinajstić information content (AvgIpc) is 3.44. The molecule has 0 radical (unpaired) electrons. The quantitative estimate of drug-likeness (QED) is 0.193. The maximum atomic E-state index is 14.0. The highest BCUT2D eigenvalue weighted by Crippen LogP contribution is 2.36. The molecule has 0 bridgehead atoms. The Morgan fingerprint density at radius 2 is 1.81 bits per heavy atom. The van der Waals surface area contributed by atoms with Gasteiger partial charge in [0.2, 0.25) is 0 Å². The summed E-state index contributed by atoms with van der Waals surface area (Å²) in [5.74, 6) is 0.179. The second kappa shape index (κ2) is 10.7. The summed E-state index contributed by atoms with van der Waals surface area (Å²) < 4.78 is 22.3. The Morgan fingerprint density at radius 3 is 2.54 bits per heavy atom. The van der Waals surface area contributed by atoms with Gasteiger partial charge in [0.1, 0.15) is 28.2 Å². The molecule has 186 valence electrons. The highest BCUT2D eigenvalue weighted by Gasteiger charge is 2.34. The maximum absolute atomic E-state index is 14.0. The van der Waals surface area contributed by atoms with E-state index in [1.165, 1.54) is 17.8 Å². The molecule has 1 amide bonds. The largest absolute Gasteiger partial charge is 0.489 e. The van der Waals surface area contributed by atoms with Crippen LogP contribution in [-0.2, 0) is 11.4 Å². The summed E-state index contributed by atoms with van der Waals surface area (Å²) in [6.07, 6.45) is 3.75. The molecule has 0 atom stereocenters. The van der Waals surface area contributed by atoms with Crippen molar-refractivity contribution in [2.75, 3.05) is 0 Å². The van der Waals surface area contributed by atoms with E-state index < -0.39 is 0 Å². The van der Waals surface area contributed by atoms with Gasteiger partial charge in [-0.25, -0.2) is 9.07 Å². The number of carbonyl (C=O) groups is 1. The van der Waals surface area contributed by atoms with Gasteiger partial charge < -0.3 is 4.74 Å². The molecule has 0 aliphatic carbocycles. The predicted octanol–water partition coefficient (Wildman–Crippen LogP) is 6.87. The number of hydrogen-bond acceptors (Lipinski definition) is 5. The van der Waals surface area contributed by atoms with E-state index in [9.17, 15) is 9.18 Å². The standard InChI is InChI=1S/C29H24FN3O2S2/c1-19(2)33-28(34)26(37-29(33)36)16-22-17-32(23-11-4-3-5-12-23)31-27(22)20-10-8-13-24(15-20)35-18-21-9-6-7-14-25(21)30/h3-17,19H,18H2,1-2H3/b26-16+. The number of thiocarbonyl (C=S) groups is 1.